The van der Waals surface area contributed by atoms with Gasteiger partial charge in [0.1, 0.15) is 12.2 Å². The van der Waals surface area contributed by atoms with Crippen LogP contribution in [0.15, 0.2) is 36.4 Å². The van der Waals surface area contributed by atoms with Gasteiger partial charge in [0, 0.05) is 5.41 Å². The van der Waals surface area contributed by atoms with Gasteiger partial charge in [-0.05, 0) is 82.6 Å². The minimum Gasteiger partial charge on any atom is -0.466 e. The molecule has 0 spiro atoms. The maximum atomic E-state index is 9.45. The van der Waals surface area contributed by atoms with Crippen molar-refractivity contribution < 1.29 is 9.63 Å². The Kier molecular flexibility index (Phi) is 7.09. The van der Waals surface area contributed by atoms with Gasteiger partial charge in [-0.2, -0.15) is 0 Å². The van der Waals surface area contributed by atoms with Gasteiger partial charge < -0.3 is 9.63 Å². The van der Waals surface area contributed by atoms with Gasteiger partial charge in [-0.25, -0.2) is 0 Å². The van der Waals surface area contributed by atoms with E-state index in [-0.39, 0.29) is 12.0 Å². The van der Waals surface area contributed by atoms with Gasteiger partial charge in [-0.3, -0.25) is 0 Å². The second-order valence-electron chi connectivity index (χ2n) is 6.25. The lowest BCUT2D eigenvalue weighted by Crippen LogP contribution is -2.26. The predicted octanol–water partition coefficient (Wildman–Crippen LogP) is 6.22. The Bertz CT molecular complexity index is 696. The molecular weight excluding hydrogens is 430 g/mol. The summed E-state index contributed by atoms with van der Waals surface area (Å²) >= 11 is 2.25. The molecule has 0 aromatic heterocycles. The highest BCUT2D eigenvalue weighted by Crippen LogP contribution is 2.41. The highest BCUT2D eigenvalue weighted by molar-refractivity contribution is 14.2. The fraction of sp³-hybridized carbons (Fsp3) is 0.400. The van der Waals surface area contributed by atoms with Crippen LogP contribution in [0.1, 0.15) is 54.5 Å². The third-order valence-electron chi connectivity index (χ3n) is 5.15. The van der Waals surface area contributed by atoms with Crippen LogP contribution < -0.4 is 4.52 Å². The van der Waals surface area contributed by atoms with E-state index in [1.54, 1.807) is 0 Å². The Morgan fingerprint density at radius 2 is 1.58 bits per heavy atom. The van der Waals surface area contributed by atoms with E-state index in [0.717, 1.165) is 29.7 Å². The van der Waals surface area contributed by atoms with E-state index in [1.807, 2.05) is 0 Å². The molecule has 1 atom stereocenters. The maximum Gasteiger partial charge on any atom is 0.137 e. The Morgan fingerprint density at radius 3 is 2.04 bits per heavy atom. The van der Waals surface area contributed by atoms with Crippen molar-refractivity contribution in [3.05, 3.63) is 64.2 Å². The molecule has 0 aliphatic heterocycles. The van der Waals surface area contributed by atoms with Gasteiger partial charge >= 0.3 is 0 Å². The molecule has 2 nitrogen and oxygen atoms in total. The Hall–Kier alpha value is -0.640. The normalized spacial score (nSPS) is 12.1. The molecule has 0 bridgehead atoms. The Balaban J connectivity index is 2.55. The molecule has 0 saturated carbocycles. The smallest absolute Gasteiger partial charge is 0.137 e. The fourth-order valence-corrected chi connectivity index (χ4v) is 4.53. The van der Waals surface area contributed by atoms with Crippen molar-refractivity contribution in [1.82, 2.24) is 0 Å². The molecule has 2 rings (SSSR count). The SMILES string of the molecule is CCC(CC)(c1ccc(CO)c(C)c1)c1ccc(OPI)c(C)c1. The average molecular weight is 456 g/mol. The summed E-state index contributed by atoms with van der Waals surface area (Å²) in [6, 6.07) is 13.1. The standard InChI is InChI=1S/C20H26IO2P/c1-5-20(6-2,17-8-7-16(13-22)14(3)11-17)18-9-10-19(23-24-21)15(4)12-18/h7-12,22,24H,5-6,13H2,1-4H3. The predicted molar refractivity (Wildman–Crippen MR) is 113 cm³/mol. The first-order chi connectivity index (χ1) is 11.5. The van der Waals surface area contributed by atoms with Crippen molar-refractivity contribution in [3.8, 4) is 5.75 Å². The van der Waals surface area contributed by atoms with Crippen molar-refractivity contribution in [2.75, 3.05) is 0 Å². The minimum atomic E-state index is -0.00531. The molecule has 2 aromatic carbocycles. The molecule has 0 heterocycles. The van der Waals surface area contributed by atoms with E-state index >= 15 is 0 Å². The lowest BCUT2D eigenvalue weighted by molar-refractivity contribution is 0.281. The van der Waals surface area contributed by atoms with Crippen molar-refractivity contribution in [2.45, 2.75) is 52.6 Å². The number of benzene rings is 2. The first kappa shape index (κ1) is 19.7. The van der Waals surface area contributed by atoms with Crippen LogP contribution in [0.3, 0.4) is 0 Å². The quantitative estimate of drug-likeness (QED) is 0.396. The topological polar surface area (TPSA) is 29.5 Å². The zero-order chi connectivity index (χ0) is 17.7. The summed E-state index contributed by atoms with van der Waals surface area (Å²) in [4.78, 5) is 0. The van der Waals surface area contributed by atoms with Crippen LogP contribution >= 0.6 is 28.5 Å². The molecule has 1 N–H and O–H groups in total. The zero-order valence-corrected chi connectivity index (χ0v) is 18.0. The van der Waals surface area contributed by atoms with E-state index in [2.05, 4.69) is 86.1 Å². The van der Waals surface area contributed by atoms with E-state index in [0.29, 0.717) is 6.45 Å². The maximum absolute atomic E-state index is 9.45. The van der Waals surface area contributed by atoms with Gasteiger partial charge in [0.25, 0.3) is 0 Å². The third kappa shape index (κ3) is 3.79. The monoisotopic (exact) mass is 456 g/mol. The molecule has 24 heavy (non-hydrogen) atoms. The summed E-state index contributed by atoms with van der Waals surface area (Å²) in [5, 5.41) is 9.45. The first-order valence-electron chi connectivity index (χ1n) is 8.36. The van der Waals surface area contributed by atoms with Crippen LogP contribution in [-0.2, 0) is 12.0 Å². The summed E-state index contributed by atoms with van der Waals surface area (Å²) in [6.45, 7) is 9.23. The summed E-state index contributed by atoms with van der Waals surface area (Å²) in [7, 11) is 0. The summed E-state index contributed by atoms with van der Waals surface area (Å²) in [6.07, 6.45) is 2.07. The number of hydrogen-bond donors (Lipinski definition) is 1. The lowest BCUT2D eigenvalue weighted by Gasteiger charge is -2.34. The molecule has 4 heteroatoms. The lowest BCUT2D eigenvalue weighted by atomic mass is 9.70. The minimum absolute atomic E-state index is 0.00531. The number of hydrogen-bond acceptors (Lipinski definition) is 2. The van der Waals surface area contributed by atoms with Crippen molar-refractivity contribution in [1.29, 1.82) is 0 Å². The molecule has 0 radical (unpaired) electrons. The summed E-state index contributed by atoms with van der Waals surface area (Å²) < 4.78 is 5.71. The molecule has 0 aliphatic carbocycles. The second kappa shape index (κ2) is 8.64. The molecular formula is C20H26IO2P. The first-order valence-corrected chi connectivity index (χ1v) is 12.4. The zero-order valence-electron chi connectivity index (χ0n) is 14.8. The highest BCUT2D eigenvalue weighted by atomic mass is 127. The van der Waals surface area contributed by atoms with Crippen LogP contribution in [0.5, 0.6) is 5.75 Å². The highest BCUT2D eigenvalue weighted by Gasteiger charge is 2.31. The van der Waals surface area contributed by atoms with E-state index in [4.69, 9.17) is 4.52 Å². The molecule has 0 aliphatic rings. The van der Waals surface area contributed by atoms with Gasteiger partial charge in [-0.1, -0.05) is 44.2 Å². The van der Waals surface area contributed by atoms with E-state index < -0.39 is 0 Å². The number of aliphatic hydroxyl groups is 1. The van der Waals surface area contributed by atoms with Gasteiger partial charge in [0.15, 0.2) is 0 Å². The van der Waals surface area contributed by atoms with Crippen molar-refractivity contribution in [3.63, 3.8) is 0 Å². The average Bonchev–Trinajstić information content (AvgIpc) is 2.59. The van der Waals surface area contributed by atoms with E-state index in [1.165, 1.54) is 16.7 Å². The second-order valence-corrected chi connectivity index (χ2v) is 7.93. The van der Waals surface area contributed by atoms with Crippen molar-refractivity contribution in [2.24, 2.45) is 0 Å². The molecule has 130 valence electrons. The number of rotatable bonds is 7. The molecule has 0 saturated heterocycles. The Morgan fingerprint density at radius 1 is 1.00 bits per heavy atom. The van der Waals surface area contributed by atoms with Crippen LogP contribution in [-0.4, -0.2) is 5.11 Å². The van der Waals surface area contributed by atoms with Crippen LogP contribution in [0, 0.1) is 13.8 Å². The number of aliphatic hydroxyl groups excluding tert-OH is 1. The third-order valence-corrected chi connectivity index (χ3v) is 6.11. The molecule has 1 unspecified atom stereocenters. The fourth-order valence-electron chi connectivity index (χ4n) is 3.51. The van der Waals surface area contributed by atoms with Crippen LogP contribution in [0.25, 0.3) is 0 Å². The van der Waals surface area contributed by atoms with Gasteiger partial charge in [-0.15, -0.1) is 0 Å². The van der Waals surface area contributed by atoms with Gasteiger partial charge in [0.2, 0.25) is 0 Å². The number of aryl methyl sites for hydroxylation is 2. The van der Waals surface area contributed by atoms with Crippen LogP contribution in [0.4, 0.5) is 0 Å². The number of halogens is 1. The molecule has 2 aromatic rings. The molecule has 0 fully saturated rings. The van der Waals surface area contributed by atoms with Crippen LogP contribution in [0.2, 0.25) is 0 Å². The summed E-state index contributed by atoms with van der Waals surface area (Å²) in [5.74, 6) is 0.972. The largest absolute Gasteiger partial charge is 0.466 e. The van der Waals surface area contributed by atoms with E-state index in [9.17, 15) is 5.11 Å². The van der Waals surface area contributed by atoms with Gasteiger partial charge in [0.05, 0.1) is 6.61 Å². The molecule has 0 amide bonds. The Labute approximate surface area is 160 Å². The van der Waals surface area contributed by atoms with Crippen molar-refractivity contribution >= 4 is 28.5 Å². The summed E-state index contributed by atoms with van der Waals surface area (Å²) in [5.41, 5.74) is 6.00.